The highest BCUT2D eigenvalue weighted by molar-refractivity contribution is 5.79. The van der Waals surface area contributed by atoms with Gasteiger partial charge < -0.3 is 15.7 Å². The third kappa shape index (κ3) is 3.94. The summed E-state index contributed by atoms with van der Waals surface area (Å²) in [5.74, 6) is -0.431. The fraction of sp³-hybridized carbons (Fsp3) is 0.556. The van der Waals surface area contributed by atoms with Crippen LogP contribution in [0.3, 0.4) is 0 Å². The second kappa shape index (κ2) is 6.91. The van der Waals surface area contributed by atoms with Gasteiger partial charge in [-0.05, 0) is 18.4 Å². The number of nitrogens with zero attached hydrogens (tertiary/aromatic N) is 2. The Morgan fingerprint density at radius 3 is 2.58 bits per heavy atom. The van der Waals surface area contributed by atoms with Crippen LogP contribution in [0.15, 0.2) is 30.3 Å². The van der Waals surface area contributed by atoms with Crippen molar-refractivity contribution in [3.05, 3.63) is 35.9 Å². The lowest BCUT2D eigenvalue weighted by molar-refractivity contribution is -0.133. The van der Waals surface area contributed by atoms with Gasteiger partial charge >= 0.3 is 0 Å². The highest BCUT2D eigenvalue weighted by Crippen LogP contribution is 2.52. The Balaban J connectivity index is 1.61. The number of β-amino-alcohol motifs (C(OH)–C–C–N with tert-alkyl or cyclic N) is 1. The summed E-state index contributed by atoms with van der Waals surface area (Å²) in [6.07, 6.45) is 1.94. The number of rotatable bonds is 7. The molecule has 0 bridgehead atoms. The van der Waals surface area contributed by atoms with E-state index in [4.69, 9.17) is 5.73 Å². The Bertz CT molecular complexity index is 601. The fourth-order valence-corrected chi connectivity index (χ4v) is 3.46. The van der Waals surface area contributed by atoms with Gasteiger partial charge in [0.1, 0.15) is 0 Å². The second-order valence-electron chi connectivity index (χ2n) is 7.06. The van der Waals surface area contributed by atoms with Gasteiger partial charge in [0.05, 0.1) is 12.6 Å². The van der Waals surface area contributed by atoms with Crippen LogP contribution in [0.4, 0.5) is 0 Å². The lowest BCUT2D eigenvalue weighted by atomic mass is 10.0. The molecule has 1 saturated heterocycles. The first-order valence-corrected chi connectivity index (χ1v) is 8.49. The van der Waals surface area contributed by atoms with Crippen molar-refractivity contribution < 1.29 is 14.7 Å². The predicted octanol–water partition coefficient (Wildman–Crippen LogP) is 0.347. The van der Waals surface area contributed by atoms with Crippen LogP contribution < -0.4 is 5.73 Å². The van der Waals surface area contributed by atoms with E-state index >= 15 is 0 Å². The normalized spacial score (nSPS) is 21.8. The van der Waals surface area contributed by atoms with E-state index in [1.807, 2.05) is 35.2 Å². The molecule has 0 aromatic heterocycles. The molecule has 1 aromatic carbocycles. The zero-order valence-corrected chi connectivity index (χ0v) is 13.9. The van der Waals surface area contributed by atoms with Crippen molar-refractivity contribution in [2.75, 3.05) is 26.2 Å². The van der Waals surface area contributed by atoms with E-state index in [9.17, 15) is 14.7 Å². The quantitative estimate of drug-likeness (QED) is 0.755. The molecule has 6 nitrogen and oxygen atoms in total. The first-order valence-electron chi connectivity index (χ1n) is 8.49. The van der Waals surface area contributed by atoms with Gasteiger partial charge in [-0.2, -0.15) is 0 Å². The van der Waals surface area contributed by atoms with Gasteiger partial charge in [0, 0.05) is 38.0 Å². The largest absolute Gasteiger partial charge is 0.391 e. The monoisotopic (exact) mass is 331 g/mol. The van der Waals surface area contributed by atoms with Crippen LogP contribution in [0.1, 0.15) is 24.8 Å². The molecule has 3 rings (SSSR count). The standard InChI is InChI=1S/C18H25N3O3/c19-16(23)6-9-21(10-14-4-2-1-3-5-14)17(24)12-20-11-15(22)18(13-20)7-8-18/h1-5,15,22H,6-13H2,(H2,19,23). The zero-order valence-electron chi connectivity index (χ0n) is 13.9. The van der Waals surface area contributed by atoms with Crippen molar-refractivity contribution >= 4 is 11.8 Å². The van der Waals surface area contributed by atoms with Crippen LogP contribution in [0.25, 0.3) is 0 Å². The smallest absolute Gasteiger partial charge is 0.237 e. The number of hydrogen-bond acceptors (Lipinski definition) is 4. The van der Waals surface area contributed by atoms with Crippen molar-refractivity contribution in [3.63, 3.8) is 0 Å². The first kappa shape index (κ1) is 16.9. The molecule has 1 atom stereocenters. The van der Waals surface area contributed by atoms with Crippen LogP contribution in [0.2, 0.25) is 0 Å². The number of carbonyl (C=O) groups excluding carboxylic acids is 2. The van der Waals surface area contributed by atoms with Crippen molar-refractivity contribution in [3.8, 4) is 0 Å². The summed E-state index contributed by atoms with van der Waals surface area (Å²) in [7, 11) is 0. The summed E-state index contributed by atoms with van der Waals surface area (Å²) in [5, 5.41) is 10.1. The molecule has 1 spiro atoms. The van der Waals surface area contributed by atoms with Gasteiger partial charge in [0.15, 0.2) is 0 Å². The molecule has 3 N–H and O–H groups in total. The van der Waals surface area contributed by atoms with E-state index in [1.165, 1.54) is 0 Å². The maximum absolute atomic E-state index is 12.7. The van der Waals surface area contributed by atoms with Crippen LogP contribution in [-0.4, -0.2) is 59.0 Å². The summed E-state index contributed by atoms with van der Waals surface area (Å²) in [6, 6.07) is 9.71. The van der Waals surface area contributed by atoms with Gasteiger partial charge in [-0.25, -0.2) is 0 Å². The number of nitrogens with two attached hydrogens (primary N) is 1. The maximum atomic E-state index is 12.7. The molecule has 1 saturated carbocycles. The molecule has 1 aliphatic carbocycles. The highest BCUT2D eigenvalue weighted by atomic mass is 16.3. The summed E-state index contributed by atoms with van der Waals surface area (Å²) in [6.45, 7) is 2.42. The van der Waals surface area contributed by atoms with E-state index in [-0.39, 0.29) is 30.4 Å². The molecule has 1 unspecified atom stereocenters. The Kier molecular flexibility index (Phi) is 4.87. The van der Waals surface area contributed by atoms with Crippen molar-refractivity contribution in [2.24, 2.45) is 11.1 Å². The van der Waals surface area contributed by atoms with Crippen LogP contribution >= 0.6 is 0 Å². The Morgan fingerprint density at radius 1 is 1.29 bits per heavy atom. The highest BCUT2D eigenvalue weighted by Gasteiger charge is 2.54. The SMILES string of the molecule is NC(=O)CCN(Cc1ccccc1)C(=O)CN1CC(O)C2(CC2)C1. The average molecular weight is 331 g/mol. The minimum Gasteiger partial charge on any atom is -0.391 e. The zero-order chi connectivity index (χ0) is 17.2. The van der Waals surface area contributed by atoms with Crippen LogP contribution in [0.5, 0.6) is 0 Å². The van der Waals surface area contributed by atoms with E-state index in [2.05, 4.69) is 0 Å². The molecular weight excluding hydrogens is 306 g/mol. The number of amides is 2. The number of aliphatic hydroxyl groups excluding tert-OH is 1. The number of carbonyl (C=O) groups is 2. The minimum absolute atomic E-state index is 0.0231. The molecular formula is C18H25N3O3. The van der Waals surface area contributed by atoms with Gasteiger partial charge in [0.25, 0.3) is 0 Å². The number of benzene rings is 1. The minimum atomic E-state index is -0.408. The molecule has 2 aliphatic rings. The molecule has 1 aliphatic heterocycles. The second-order valence-corrected chi connectivity index (χ2v) is 7.06. The van der Waals surface area contributed by atoms with E-state index in [0.717, 1.165) is 24.9 Å². The Morgan fingerprint density at radius 2 is 2.00 bits per heavy atom. The molecule has 2 amide bonds. The first-order chi connectivity index (χ1) is 11.5. The van der Waals surface area contributed by atoms with Crippen LogP contribution in [0, 0.1) is 5.41 Å². The van der Waals surface area contributed by atoms with Crippen molar-refractivity contribution in [2.45, 2.75) is 31.9 Å². The van der Waals surface area contributed by atoms with Gasteiger partial charge in [-0.3, -0.25) is 14.5 Å². The molecule has 1 aromatic rings. The number of aliphatic hydroxyl groups is 1. The summed E-state index contributed by atoms with van der Waals surface area (Å²) in [5.41, 5.74) is 6.30. The van der Waals surface area contributed by atoms with Crippen molar-refractivity contribution in [1.29, 1.82) is 0 Å². The summed E-state index contributed by atoms with van der Waals surface area (Å²) in [4.78, 5) is 27.5. The summed E-state index contributed by atoms with van der Waals surface area (Å²) >= 11 is 0. The number of primary amides is 1. The van der Waals surface area contributed by atoms with Gasteiger partial charge in [-0.15, -0.1) is 0 Å². The van der Waals surface area contributed by atoms with Crippen LogP contribution in [-0.2, 0) is 16.1 Å². The fourth-order valence-electron chi connectivity index (χ4n) is 3.46. The Labute approximate surface area is 142 Å². The lowest BCUT2D eigenvalue weighted by Gasteiger charge is -2.25. The van der Waals surface area contributed by atoms with E-state index < -0.39 is 5.91 Å². The molecule has 130 valence electrons. The summed E-state index contributed by atoms with van der Waals surface area (Å²) < 4.78 is 0. The molecule has 2 fully saturated rings. The van der Waals surface area contributed by atoms with Crippen molar-refractivity contribution in [1.82, 2.24) is 9.80 Å². The topological polar surface area (TPSA) is 86.9 Å². The lowest BCUT2D eigenvalue weighted by Crippen LogP contribution is -2.41. The van der Waals surface area contributed by atoms with E-state index in [0.29, 0.717) is 19.6 Å². The molecule has 1 heterocycles. The predicted molar refractivity (Wildman–Crippen MR) is 89.8 cm³/mol. The molecule has 24 heavy (non-hydrogen) atoms. The third-order valence-corrected chi connectivity index (χ3v) is 5.12. The maximum Gasteiger partial charge on any atom is 0.237 e. The molecule has 6 heteroatoms. The Hall–Kier alpha value is -1.92. The number of likely N-dealkylation sites (tertiary alicyclic amines) is 1. The molecule has 0 radical (unpaired) electrons. The number of hydrogen-bond donors (Lipinski definition) is 2. The van der Waals surface area contributed by atoms with Gasteiger partial charge in [0.2, 0.25) is 11.8 Å². The third-order valence-electron chi connectivity index (χ3n) is 5.12. The van der Waals surface area contributed by atoms with Gasteiger partial charge in [-0.1, -0.05) is 30.3 Å². The average Bonchev–Trinajstić information content (AvgIpc) is 3.26. The van der Waals surface area contributed by atoms with E-state index in [1.54, 1.807) is 4.90 Å².